The highest BCUT2D eigenvalue weighted by atomic mass is 16.6. The third kappa shape index (κ3) is 6.60. The normalized spacial score (nSPS) is 20.4. The van der Waals surface area contributed by atoms with E-state index in [-0.39, 0.29) is 29.2 Å². The van der Waals surface area contributed by atoms with E-state index in [1.54, 1.807) is 24.3 Å². The molecule has 1 aliphatic heterocycles. The Morgan fingerprint density at radius 2 is 1.60 bits per heavy atom. The lowest BCUT2D eigenvalue weighted by Crippen LogP contribution is -2.52. The highest BCUT2D eigenvalue weighted by molar-refractivity contribution is 6.01. The minimum absolute atomic E-state index is 0.0105. The summed E-state index contributed by atoms with van der Waals surface area (Å²) in [6.07, 6.45) is 8.86. The number of carbonyl (C=O) groups is 3. The Hall–Kier alpha value is -4.14. The van der Waals surface area contributed by atoms with Crippen molar-refractivity contribution in [3.63, 3.8) is 0 Å². The summed E-state index contributed by atoms with van der Waals surface area (Å²) in [5.41, 5.74) is 21.3. The zero-order valence-electron chi connectivity index (χ0n) is 23.8. The number of primary amides is 1. The van der Waals surface area contributed by atoms with E-state index in [0.717, 1.165) is 38.5 Å². The average Bonchev–Trinajstić information content (AvgIpc) is 3.24. The molecule has 2 aromatic rings. The molecule has 1 amide bonds. The Labute approximate surface area is 249 Å². The molecule has 12 N–H and O–H groups in total. The molecule has 43 heavy (non-hydrogen) atoms. The number of hydrazine groups is 1. The molecular formula is C30H39N7O6. The Kier molecular flexibility index (Phi) is 9.94. The van der Waals surface area contributed by atoms with Crippen molar-refractivity contribution < 1.29 is 29.0 Å². The molecule has 2 aromatic carbocycles. The van der Waals surface area contributed by atoms with Gasteiger partial charge in [-0.3, -0.25) is 16.0 Å². The van der Waals surface area contributed by atoms with Gasteiger partial charge in [0.2, 0.25) is 0 Å². The van der Waals surface area contributed by atoms with Crippen molar-refractivity contribution in [3.8, 4) is 11.5 Å². The van der Waals surface area contributed by atoms with Crippen LogP contribution in [0, 0.1) is 11.3 Å². The van der Waals surface area contributed by atoms with Gasteiger partial charge in [-0.05, 0) is 30.4 Å². The fraction of sp³-hybridized carbons (Fsp3) is 0.400. The monoisotopic (exact) mass is 593 g/mol. The quantitative estimate of drug-likeness (QED) is 0.0374. The van der Waals surface area contributed by atoms with Crippen LogP contribution < -0.4 is 38.3 Å². The van der Waals surface area contributed by atoms with Crippen LogP contribution in [0.1, 0.15) is 55.2 Å². The molecular weight excluding hydrogens is 554 g/mol. The number of nitrogens with two attached hydrogens (primary N) is 5. The highest BCUT2D eigenvalue weighted by Gasteiger charge is 2.44. The fourth-order valence-electron chi connectivity index (χ4n) is 5.60. The predicted octanol–water partition coefficient (Wildman–Crippen LogP) is 0.242. The molecule has 4 atom stereocenters. The molecule has 230 valence electrons. The van der Waals surface area contributed by atoms with Crippen molar-refractivity contribution in [2.24, 2.45) is 34.7 Å². The first kappa shape index (κ1) is 31.8. The Bertz CT molecular complexity index is 1390. The number of aliphatic hydroxyl groups is 1. The molecule has 13 heteroatoms. The number of benzene rings is 2. The number of esters is 2. The molecule has 0 aromatic heterocycles. The van der Waals surface area contributed by atoms with Crippen LogP contribution in [0.15, 0.2) is 54.6 Å². The van der Waals surface area contributed by atoms with E-state index in [2.05, 4.69) is 0 Å². The third-order valence-electron chi connectivity index (χ3n) is 8.11. The molecule has 1 saturated carbocycles. The molecule has 1 heterocycles. The second-order valence-electron chi connectivity index (χ2n) is 10.9. The van der Waals surface area contributed by atoms with Gasteiger partial charge < -0.3 is 37.5 Å². The topological polar surface area (TPSA) is 247 Å². The molecule has 1 fully saturated rings. The van der Waals surface area contributed by atoms with Gasteiger partial charge in [-0.25, -0.2) is 14.6 Å². The first-order valence-electron chi connectivity index (χ1n) is 14.2. The lowest BCUT2D eigenvalue weighted by Gasteiger charge is -2.30. The van der Waals surface area contributed by atoms with Crippen LogP contribution in [0.5, 0.6) is 11.5 Å². The molecule has 0 spiro atoms. The van der Waals surface area contributed by atoms with Crippen LogP contribution in [-0.4, -0.2) is 58.5 Å². The number of hydrogen-bond acceptors (Lipinski definition) is 11. The first-order valence-corrected chi connectivity index (χ1v) is 14.2. The summed E-state index contributed by atoms with van der Waals surface area (Å²) in [5, 5.41) is 21.2. The highest BCUT2D eigenvalue weighted by Crippen LogP contribution is 2.44. The number of nitrogens with one attached hydrogen (secondary N) is 1. The maximum absolute atomic E-state index is 13.5. The summed E-state index contributed by atoms with van der Waals surface area (Å²) in [6, 6.07) is 7.12. The second kappa shape index (κ2) is 13.4. The minimum atomic E-state index is -2.57. The van der Waals surface area contributed by atoms with Gasteiger partial charge in [0.15, 0.2) is 17.1 Å². The van der Waals surface area contributed by atoms with Crippen LogP contribution in [-0.2, 0) is 20.0 Å². The first-order chi connectivity index (χ1) is 20.5. The van der Waals surface area contributed by atoms with Gasteiger partial charge in [-0.15, -0.1) is 0 Å². The molecule has 0 saturated heterocycles. The molecule has 13 nitrogen and oxygen atoms in total. The summed E-state index contributed by atoms with van der Waals surface area (Å²) in [6.45, 7) is 0.255. The third-order valence-corrected chi connectivity index (χ3v) is 8.11. The van der Waals surface area contributed by atoms with Crippen LogP contribution in [0.2, 0.25) is 0 Å². The van der Waals surface area contributed by atoms with Crippen molar-refractivity contribution in [2.45, 2.75) is 62.3 Å². The number of carbonyl (C=O) groups excluding carboxylic acids is 3. The summed E-state index contributed by atoms with van der Waals surface area (Å²) in [4.78, 5) is 39.7. The molecule has 4 rings (SSSR count). The Balaban J connectivity index is 1.84. The second-order valence-corrected chi connectivity index (χ2v) is 10.9. The van der Waals surface area contributed by atoms with Gasteiger partial charge in [-0.1, -0.05) is 74.2 Å². The van der Waals surface area contributed by atoms with Crippen molar-refractivity contribution in [1.29, 1.82) is 5.41 Å². The van der Waals surface area contributed by atoms with E-state index < -0.39 is 58.9 Å². The van der Waals surface area contributed by atoms with E-state index in [1.165, 1.54) is 35.4 Å². The molecule has 0 radical (unpaired) electrons. The number of nitrogen functional groups attached to an aromatic ring is 1. The van der Waals surface area contributed by atoms with Gasteiger partial charge in [0, 0.05) is 18.2 Å². The number of rotatable bonds is 10. The molecule has 2 aliphatic rings. The van der Waals surface area contributed by atoms with Gasteiger partial charge in [0.25, 0.3) is 5.91 Å². The lowest BCUT2D eigenvalue weighted by molar-refractivity contribution is -0.141. The number of hydrogen-bond donors (Lipinski definition) is 7. The van der Waals surface area contributed by atoms with E-state index >= 15 is 0 Å². The maximum Gasteiger partial charge on any atom is 0.334 e. The summed E-state index contributed by atoms with van der Waals surface area (Å²) < 4.78 is 11.4. The van der Waals surface area contributed by atoms with Crippen LogP contribution in [0.3, 0.4) is 0 Å². The Morgan fingerprint density at radius 1 is 0.953 bits per heavy atom. The fourth-order valence-corrected chi connectivity index (χ4v) is 5.60. The van der Waals surface area contributed by atoms with E-state index in [4.69, 9.17) is 43.7 Å². The Morgan fingerprint density at radius 3 is 2.16 bits per heavy atom. The number of nitrogens with zero attached hydrogens (tertiary/aromatic N) is 1. The summed E-state index contributed by atoms with van der Waals surface area (Å²) in [5.74, 6) is 1.19. The minimum Gasteiger partial charge on any atom is -0.421 e. The van der Waals surface area contributed by atoms with Gasteiger partial charge >= 0.3 is 11.9 Å². The van der Waals surface area contributed by atoms with Gasteiger partial charge in [0.05, 0.1) is 5.56 Å². The van der Waals surface area contributed by atoms with E-state index in [0.29, 0.717) is 0 Å². The number of amides is 1. The molecule has 4 unspecified atom stereocenters. The summed E-state index contributed by atoms with van der Waals surface area (Å²) in [7, 11) is 0. The van der Waals surface area contributed by atoms with Crippen LogP contribution in [0.25, 0.3) is 0 Å². The van der Waals surface area contributed by atoms with Crippen molar-refractivity contribution in [3.05, 3.63) is 71.3 Å². The predicted molar refractivity (Wildman–Crippen MR) is 158 cm³/mol. The number of ether oxygens (including phenoxy) is 2. The van der Waals surface area contributed by atoms with Crippen molar-refractivity contribution in [2.75, 3.05) is 6.54 Å². The molecule has 1 aliphatic carbocycles. The zero-order chi connectivity index (χ0) is 31.3. The zero-order valence-corrected chi connectivity index (χ0v) is 23.8. The van der Waals surface area contributed by atoms with Crippen LogP contribution in [0.4, 0.5) is 0 Å². The van der Waals surface area contributed by atoms with Crippen molar-refractivity contribution in [1.82, 2.24) is 5.01 Å². The summed E-state index contributed by atoms with van der Waals surface area (Å²) >= 11 is 0. The number of amidine groups is 1. The average molecular weight is 594 g/mol. The van der Waals surface area contributed by atoms with Crippen molar-refractivity contribution >= 4 is 23.7 Å². The van der Waals surface area contributed by atoms with E-state index in [9.17, 15) is 19.5 Å². The largest absolute Gasteiger partial charge is 0.421 e. The maximum atomic E-state index is 13.5. The standard InChI is InChI=1S/C30H39N7O6/c31-22(17-9-4-1-2-5-10-17)23(32)28(39)42-24-19(26(33)34)14-15-20(25(24)43-27(38)21-13-8-16-37(21)36)30(41,29(35)40)18-11-6-3-7-12-18/h3,6-8,11-15,17,21-23,41H,1-2,4-5,9-10,16,31-32,36H2,(H3,33,34)(H2,35,40). The van der Waals surface area contributed by atoms with Gasteiger partial charge in [0.1, 0.15) is 17.9 Å². The SMILES string of the molecule is N=C(N)c1ccc(C(O)(C(N)=O)c2ccccc2)c(OC(=O)C2C=CCN2N)c1OC(=O)C(N)C(N)C1CCCCCC1. The molecule has 0 bridgehead atoms. The van der Waals surface area contributed by atoms with E-state index in [1.807, 2.05) is 0 Å². The van der Waals surface area contributed by atoms with Gasteiger partial charge in [-0.2, -0.15) is 0 Å². The lowest BCUT2D eigenvalue weighted by atomic mass is 9.84. The smallest absolute Gasteiger partial charge is 0.334 e. The van der Waals surface area contributed by atoms with Crippen LogP contribution >= 0.6 is 0 Å².